The molecular formula is C35H29N3O6S. The molecule has 45 heavy (non-hydrogen) atoms. The van der Waals surface area contributed by atoms with Crippen molar-refractivity contribution in [3.8, 4) is 17.1 Å². The molecule has 0 bridgehead atoms. The lowest BCUT2D eigenvalue weighted by Crippen LogP contribution is -2.40. The van der Waals surface area contributed by atoms with E-state index < -0.39 is 12.0 Å². The minimum Gasteiger partial charge on any atom is -0.494 e. The summed E-state index contributed by atoms with van der Waals surface area (Å²) in [6.45, 7) is 4.21. The van der Waals surface area contributed by atoms with E-state index in [1.165, 1.54) is 18.4 Å². The number of rotatable bonds is 8. The number of ether oxygens (including phenoxy) is 2. The smallest absolute Gasteiger partial charge is 0.337 e. The molecule has 3 heterocycles. The minimum absolute atomic E-state index is 0.296. The Labute approximate surface area is 262 Å². The summed E-state index contributed by atoms with van der Waals surface area (Å²) in [6.07, 6.45) is 1.68. The highest BCUT2D eigenvalue weighted by Gasteiger charge is 2.32. The van der Waals surface area contributed by atoms with Gasteiger partial charge in [0, 0.05) is 17.3 Å². The van der Waals surface area contributed by atoms with E-state index in [1.54, 1.807) is 66.1 Å². The number of carbonyl (C=O) groups is 2. The molecule has 0 unspecified atom stereocenters. The highest BCUT2D eigenvalue weighted by molar-refractivity contribution is 7.07. The summed E-state index contributed by atoms with van der Waals surface area (Å²) < 4.78 is 18.4. The van der Waals surface area contributed by atoms with E-state index in [0.29, 0.717) is 55.7 Å². The molecule has 0 saturated carbocycles. The number of aromatic nitrogens is 1. The largest absolute Gasteiger partial charge is 0.494 e. The third-order valence-electron chi connectivity index (χ3n) is 7.30. The number of hydrogen-bond donors (Lipinski definition) is 1. The molecule has 0 radical (unpaired) electrons. The fourth-order valence-corrected chi connectivity index (χ4v) is 6.19. The Hall–Kier alpha value is -5.48. The van der Waals surface area contributed by atoms with E-state index in [-0.39, 0.29) is 11.5 Å². The molecular weight excluding hydrogens is 590 g/mol. The number of fused-ring (bicyclic) bond motifs is 1. The highest BCUT2D eigenvalue weighted by atomic mass is 32.1. The van der Waals surface area contributed by atoms with Crippen molar-refractivity contribution in [3.63, 3.8) is 0 Å². The molecule has 1 aliphatic rings. The Kier molecular flexibility index (Phi) is 8.30. The first kappa shape index (κ1) is 29.6. The number of carbonyl (C=O) groups excluding carboxylic acids is 2. The molecule has 1 N–H and O–H groups in total. The molecule has 5 aromatic rings. The van der Waals surface area contributed by atoms with Crippen LogP contribution in [-0.2, 0) is 9.53 Å². The third kappa shape index (κ3) is 6.00. The van der Waals surface area contributed by atoms with Gasteiger partial charge in [0.2, 0.25) is 0 Å². The maximum atomic E-state index is 14.0. The lowest BCUT2D eigenvalue weighted by molar-refractivity contribution is -0.113. The zero-order valence-electron chi connectivity index (χ0n) is 24.8. The van der Waals surface area contributed by atoms with Gasteiger partial charge in [-0.2, -0.15) is 0 Å². The van der Waals surface area contributed by atoms with Crippen LogP contribution in [0.2, 0.25) is 0 Å². The number of nitrogens with one attached hydrogen (secondary N) is 1. The molecule has 6 rings (SSSR count). The maximum absolute atomic E-state index is 14.0. The summed E-state index contributed by atoms with van der Waals surface area (Å²) in [4.78, 5) is 44.7. The number of nitrogens with zero attached hydrogens (tertiary/aromatic N) is 2. The minimum atomic E-state index is -0.719. The molecule has 0 spiro atoms. The van der Waals surface area contributed by atoms with Crippen LogP contribution in [0.15, 0.2) is 116 Å². The van der Waals surface area contributed by atoms with Crippen LogP contribution >= 0.6 is 11.3 Å². The third-order valence-corrected chi connectivity index (χ3v) is 8.28. The lowest BCUT2D eigenvalue weighted by atomic mass is 9.95. The summed E-state index contributed by atoms with van der Waals surface area (Å²) in [5.41, 5.74) is 3.18. The van der Waals surface area contributed by atoms with Gasteiger partial charge < -0.3 is 19.2 Å². The van der Waals surface area contributed by atoms with Crippen molar-refractivity contribution >= 4 is 35.0 Å². The summed E-state index contributed by atoms with van der Waals surface area (Å²) in [7, 11) is 1.33. The Morgan fingerprint density at radius 1 is 1.00 bits per heavy atom. The molecule has 2 aromatic heterocycles. The number of hydrogen-bond acceptors (Lipinski definition) is 8. The van der Waals surface area contributed by atoms with E-state index in [4.69, 9.17) is 18.9 Å². The molecule has 1 aliphatic heterocycles. The summed E-state index contributed by atoms with van der Waals surface area (Å²) in [6, 6.07) is 26.3. The van der Waals surface area contributed by atoms with Gasteiger partial charge in [0.05, 0.1) is 41.1 Å². The predicted molar refractivity (Wildman–Crippen MR) is 172 cm³/mol. The number of para-hydroxylation sites is 1. The Bertz CT molecular complexity index is 2090. The van der Waals surface area contributed by atoms with Gasteiger partial charge in [-0.05, 0) is 67.9 Å². The van der Waals surface area contributed by atoms with E-state index in [1.807, 2.05) is 49.4 Å². The fourth-order valence-electron chi connectivity index (χ4n) is 5.16. The predicted octanol–water partition coefficient (Wildman–Crippen LogP) is 5.32. The van der Waals surface area contributed by atoms with Gasteiger partial charge in [-0.1, -0.05) is 53.8 Å². The van der Waals surface area contributed by atoms with Crippen LogP contribution in [0.25, 0.3) is 17.4 Å². The van der Waals surface area contributed by atoms with Crippen LogP contribution in [0.3, 0.4) is 0 Å². The van der Waals surface area contributed by atoms with Crippen molar-refractivity contribution in [3.05, 3.63) is 139 Å². The molecule has 10 heteroatoms. The quantitative estimate of drug-likeness (QED) is 0.236. The first-order valence-electron chi connectivity index (χ1n) is 14.3. The highest BCUT2D eigenvalue weighted by Crippen LogP contribution is 2.32. The van der Waals surface area contributed by atoms with Crippen LogP contribution in [0.4, 0.5) is 5.69 Å². The molecule has 0 saturated heterocycles. The Balaban J connectivity index is 1.40. The molecule has 226 valence electrons. The van der Waals surface area contributed by atoms with Gasteiger partial charge in [-0.25, -0.2) is 9.79 Å². The van der Waals surface area contributed by atoms with Crippen LogP contribution in [0.5, 0.6) is 5.75 Å². The Morgan fingerprint density at radius 3 is 2.42 bits per heavy atom. The van der Waals surface area contributed by atoms with E-state index in [9.17, 15) is 14.4 Å². The van der Waals surface area contributed by atoms with E-state index in [0.717, 1.165) is 11.1 Å². The van der Waals surface area contributed by atoms with Crippen molar-refractivity contribution in [2.75, 3.05) is 19.0 Å². The average molecular weight is 620 g/mol. The summed E-state index contributed by atoms with van der Waals surface area (Å²) in [5, 5.41) is 2.96. The summed E-state index contributed by atoms with van der Waals surface area (Å²) in [5.74, 6) is 0.982. The number of methoxy groups -OCH3 is 1. The van der Waals surface area contributed by atoms with Gasteiger partial charge in [-0.15, -0.1) is 0 Å². The number of amides is 1. The monoisotopic (exact) mass is 619 g/mol. The van der Waals surface area contributed by atoms with E-state index in [2.05, 4.69) is 5.32 Å². The van der Waals surface area contributed by atoms with Crippen LogP contribution < -0.4 is 24.9 Å². The lowest BCUT2D eigenvalue weighted by Gasteiger charge is -2.25. The van der Waals surface area contributed by atoms with Gasteiger partial charge >= 0.3 is 5.97 Å². The average Bonchev–Trinajstić information content (AvgIpc) is 3.65. The fraction of sp³-hybridized carbons (Fsp3) is 0.143. The normalized spacial score (nSPS) is 14.5. The van der Waals surface area contributed by atoms with Gasteiger partial charge in [0.25, 0.3) is 11.5 Å². The standard InChI is InChI=1S/C35H29N3O6S/c1-4-43-26-16-14-23(15-17-26)31-30(32(39)37-25-8-6-5-7-9-25)21(2)36-35-38(31)33(40)29(45-35)20-27-18-19-28(44-27)22-10-12-24(13-11-22)34(41)42-3/h5-20,31H,4H2,1-3H3,(H,37,39)/b29-20-/t31-/m1/s1. The Morgan fingerprint density at radius 2 is 1.73 bits per heavy atom. The van der Waals surface area contributed by atoms with Crippen LogP contribution in [-0.4, -0.2) is 30.2 Å². The topological polar surface area (TPSA) is 112 Å². The van der Waals surface area contributed by atoms with E-state index >= 15 is 0 Å². The van der Waals surface area contributed by atoms with Crippen molar-refractivity contribution in [2.24, 2.45) is 4.99 Å². The second kappa shape index (κ2) is 12.6. The van der Waals surface area contributed by atoms with Crippen LogP contribution in [0, 0.1) is 0 Å². The van der Waals surface area contributed by atoms with Crippen molar-refractivity contribution < 1.29 is 23.5 Å². The molecule has 1 atom stereocenters. The first-order valence-corrected chi connectivity index (χ1v) is 15.1. The second-order valence-corrected chi connectivity index (χ2v) is 11.2. The number of anilines is 1. The zero-order chi connectivity index (χ0) is 31.5. The van der Waals surface area contributed by atoms with Crippen molar-refractivity contribution in [2.45, 2.75) is 19.9 Å². The maximum Gasteiger partial charge on any atom is 0.337 e. The number of thiazole rings is 1. The first-order chi connectivity index (χ1) is 21.9. The van der Waals surface area contributed by atoms with Crippen molar-refractivity contribution in [1.29, 1.82) is 0 Å². The number of allylic oxidation sites excluding steroid dienone is 1. The number of furan rings is 1. The number of benzene rings is 3. The van der Waals surface area contributed by atoms with Crippen LogP contribution in [0.1, 0.15) is 41.6 Å². The zero-order valence-corrected chi connectivity index (χ0v) is 25.6. The van der Waals surface area contributed by atoms with Crippen molar-refractivity contribution in [1.82, 2.24) is 4.57 Å². The van der Waals surface area contributed by atoms with Gasteiger partial charge in [0.1, 0.15) is 17.3 Å². The van der Waals surface area contributed by atoms with Gasteiger partial charge in [-0.3, -0.25) is 14.2 Å². The SMILES string of the molecule is CCOc1ccc([C@@H]2C(C(=O)Nc3ccccc3)=C(C)N=c3s/c(=C\c4ccc(-c5ccc(C(=O)OC)cc5)o4)c(=O)n32)cc1. The second-order valence-electron chi connectivity index (χ2n) is 10.2. The molecule has 9 nitrogen and oxygen atoms in total. The summed E-state index contributed by atoms with van der Waals surface area (Å²) >= 11 is 1.23. The molecule has 0 aliphatic carbocycles. The molecule has 1 amide bonds. The van der Waals surface area contributed by atoms with Gasteiger partial charge in [0.15, 0.2) is 4.80 Å². The molecule has 0 fully saturated rings. The number of esters is 1. The molecule has 3 aromatic carbocycles.